The van der Waals surface area contributed by atoms with E-state index in [9.17, 15) is 17.6 Å². The van der Waals surface area contributed by atoms with Crippen molar-refractivity contribution >= 4 is 33.2 Å². The van der Waals surface area contributed by atoms with E-state index in [1.54, 1.807) is 31.4 Å². The highest BCUT2D eigenvalue weighted by molar-refractivity contribution is 7.92. The largest absolute Gasteiger partial charge is 0.497 e. The van der Waals surface area contributed by atoms with Crippen LogP contribution in [0.5, 0.6) is 5.75 Å². The summed E-state index contributed by atoms with van der Waals surface area (Å²) in [4.78, 5) is 12.5. The Labute approximate surface area is 185 Å². The molecule has 0 saturated carbocycles. The lowest BCUT2D eigenvalue weighted by Gasteiger charge is -2.20. The first-order valence-electron chi connectivity index (χ1n) is 9.17. The lowest BCUT2D eigenvalue weighted by Crippen LogP contribution is -2.27. The number of hydrogen-bond acceptors (Lipinski definition) is 4. The number of sulfonamides is 1. The number of carbonyl (C=O) groups excluding carboxylic acids is 1. The molecule has 0 aliphatic carbocycles. The summed E-state index contributed by atoms with van der Waals surface area (Å²) in [5, 5.41) is 2.85. The van der Waals surface area contributed by atoms with Crippen LogP contribution in [0.3, 0.4) is 0 Å². The molecule has 0 unspecified atom stereocenters. The lowest BCUT2D eigenvalue weighted by atomic mass is 10.2. The van der Waals surface area contributed by atoms with Crippen molar-refractivity contribution in [2.45, 2.75) is 11.4 Å². The van der Waals surface area contributed by atoms with E-state index < -0.39 is 21.7 Å². The minimum atomic E-state index is -3.99. The first-order chi connectivity index (χ1) is 14.7. The summed E-state index contributed by atoms with van der Waals surface area (Å²) >= 11 is 6.15. The highest BCUT2D eigenvalue weighted by Crippen LogP contribution is 2.26. The Morgan fingerprint density at radius 1 is 1.06 bits per heavy atom. The fourth-order valence-electron chi connectivity index (χ4n) is 2.81. The monoisotopic (exact) mass is 462 g/mol. The van der Waals surface area contributed by atoms with Crippen LogP contribution in [0.4, 0.5) is 10.1 Å². The molecule has 0 bridgehead atoms. The number of ether oxygens (including phenoxy) is 1. The van der Waals surface area contributed by atoms with Gasteiger partial charge in [0.05, 0.1) is 28.3 Å². The van der Waals surface area contributed by atoms with Crippen molar-refractivity contribution in [1.29, 1.82) is 0 Å². The molecule has 3 aromatic carbocycles. The molecule has 3 aromatic rings. The van der Waals surface area contributed by atoms with Crippen LogP contribution in [0.25, 0.3) is 0 Å². The van der Waals surface area contributed by atoms with Crippen LogP contribution in [-0.4, -0.2) is 28.5 Å². The average Bonchev–Trinajstić information content (AvgIpc) is 2.78. The van der Waals surface area contributed by atoms with E-state index in [-0.39, 0.29) is 27.7 Å². The molecule has 0 aliphatic rings. The van der Waals surface area contributed by atoms with Crippen molar-refractivity contribution in [2.75, 3.05) is 18.5 Å². The van der Waals surface area contributed by atoms with Gasteiger partial charge in [-0.3, -0.25) is 9.10 Å². The summed E-state index contributed by atoms with van der Waals surface area (Å²) < 4.78 is 45.2. The molecule has 9 heteroatoms. The first kappa shape index (κ1) is 22.6. The topological polar surface area (TPSA) is 75.7 Å². The summed E-state index contributed by atoms with van der Waals surface area (Å²) in [5.41, 5.74) is 1.15. The van der Waals surface area contributed by atoms with Crippen LogP contribution >= 0.6 is 11.6 Å². The Morgan fingerprint density at radius 3 is 2.32 bits per heavy atom. The quantitative estimate of drug-likeness (QED) is 0.569. The normalized spacial score (nSPS) is 11.1. The number of nitrogens with one attached hydrogen (secondary N) is 1. The van der Waals surface area contributed by atoms with Crippen molar-refractivity contribution in [3.8, 4) is 5.75 Å². The number of hydrogen-bond donors (Lipinski definition) is 1. The number of anilines is 1. The van der Waals surface area contributed by atoms with Crippen molar-refractivity contribution in [3.05, 3.63) is 88.7 Å². The smallest absolute Gasteiger partial charge is 0.264 e. The lowest BCUT2D eigenvalue weighted by molar-refractivity contribution is 0.0951. The zero-order valence-corrected chi connectivity index (χ0v) is 18.4. The highest BCUT2D eigenvalue weighted by Gasteiger charge is 2.24. The molecule has 6 nitrogen and oxygen atoms in total. The fraction of sp³-hybridized carbons (Fsp3) is 0.136. The number of benzene rings is 3. The third kappa shape index (κ3) is 5.15. The zero-order valence-electron chi connectivity index (χ0n) is 16.8. The maximum absolute atomic E-state index is 13.2. The van der Waals surface area contributed by atoms with Gasteiger partial charge in [0.1, 0.15) is 11.6 Å². The molecule has 1 N–H and O–H groups in total. The van der Waals surface area contributed by atoms with E-state index in [0.717, 1.165) is 9.87 Å². The van der Waals surface area contributed by atoms with Gasteiger partial charge in [0, 0.05) is 13.6 Å². The Hall–Kier alpha value is -3.10. The Morgan fingerprint density at radius 2 is 1.71 bits per heavy atom. The molecule has 0 aliphatic heterocycles. The van der Waals surface area contributed by atoms with Gasteiger partial charge >= 0.3 is 0 Å². The zero-order chi connectivity index (χ0) is 22.6. The molecule has 0 saturated heterocycles. The molecular weight excluding hydrogens is 443 g/mol. The molecule has 0 fully saturated rings. The molecule has 162 valence electrons. The molecule has 0 aromatic heterocycles. The number of amides is 1. The van der Waals surface area contributed by atoms with Crippen LogP contribution in [0.15, 0.2) is 71.6 Å². The van der Waals surface area contributed by atoms with Gasteiger partial charge in [-0.25, -0.2) is 12.8 Å². The summed E-state index contributed by atoms with van der Waals surface area (Å²) in [5.74, 6) is -0.291. The van der Waals surface area contributed by atoms with E-state index in [2.05, 4.69) is 5.32 Å². The number of nitrogens with zero attached hydrogens (tertiary/aromatic N) is 1. The van der Waals surface area contributed by atoms with Crippen molar-refractivity contribution in [3.63, 3.8) is 0 Å². The number of methoxy groups -OCH3 is 1. The van der Waals surface area contributed by atoms with Crippen LogP contribution in [-0.2, 0) is 16.6 Å². The maximum atomic E-state index is 13.2. The average molecular weight is 463 g/mol. The Bertz CT molecular complexity index is 1180. The number of rotatable bonds is 7. The van der Waals surface area contributed by atoms with E-state index in [1.165, 1.54) is 49.5 Å². The van der Waals surface area contributed by atoms with E-state index >= 15 is 0 Å². The second-order valence-electron chi connectivity index (χ2n) is 6.62. The van der Waals surface area contributed by atoms with E-state index in [1.807, 2.05) is 0 Å². The Kier molecular flexibility index (Phi) is 6.82. The van der Waals surface area contributed by atoms with E-state index in [4.69, 9.17) is 16.3 Å². The van der Waals surface area contributed by atoms with Crippen LogP contribution in [0.2, 0.25) is 5.02 Å². The molecule has 0 heterocycles. The van der Waals surface area contributed by atoms with Gasteiger partial charge in [0.25, 0.3) is 15.9 Å². The van der Waals surface area contributed by atoms with Gasteiger partial charge in [-0.15, -0.1) is 0 Å². The van der Waals surface area contributed by atoms with Crippen LogP contribution in [0, 0.1) is 5.82 Å². The summed E-state index contributed by atoms with van der Waals surface area (Å²) in [7, 11) is -1.08. The minimum absolute atomic E-state index is 0.0313. The van der Waals surface area contributed by atoms with E-state index in [0.29, 0.717) is 5.75 Å². The summed E-state index contributed by atoms with van der Waals surface area (Å²) in [6.45, 7) is 0.228. The van der Waals surface area contributed by atoms with Gasteiger partial charge in [-0.2, -0.15) is 0 Å². The van der Waals surface area contributed by atoms with Crippen LogP contribution < -0.4 is 14.4 Å². The third-order valence-corrected chi connectivity index (χ3v) is 6.75. The van der Waals surface area contributed by atoms with Crippen LogP contribution in [0.1, 0.15) is 15.9 Å². The Balaban J connectivity index is 1.81. The van der Waals surface area contributed by atoms with Gasteiger partial charge < -0.3 is 10.1 Å². The summed E-state index contributed by atoms with van der Waals surface area (Å²) in [6, 6.07) is 16.1. The van der Waals surface area contributed by atoms with Gasteiger partial charge in [-0.1, -0.05) is 23.7 Å². The molecule has 31 heavy (non-hydrogen) atoms. The van der Waals surface area contributed by atoms with Gasteiger partial charge in [0.2, 0.25) is 0 Å². The minimum Gasteiger partial charge on any atom is -0.497 e. The van der Waals surface area contributed by atoms with Gasteiger partial charge in [-0.05, 0) is 60.2 Å². The van der Waals surface area contributed by atoms with Crippen molar-refractivity contribution in [1.82, 2.24) is 5.32 Å². The molecule has 3 rings (SSSR count). The second-order valence-corrected chi connectivity index (χ2v) is 9.00. The molecular formula is C22H20ClFN2O4S. The standard InChI is InChI=1S/C22H20ClFN2O4S/c1-26(17-7-5-16(24)6-8-17)31(28,29)19-11-12-21(23)20(13-19)22(27)25-14-15-3-9-18(30-2)10-4-15/h3-13H,14H2,1-2H3,(H,25,27). The molecule has 0 spiro atoms. The highest BCUT2D eigenvalue weighted by atomic mass is 35.5. The number of halogens is 2. The SMILES string of the molecule is COc1ccc(CNC(=O)c2cc(S(=O)(=O)N(C)c3ccc(F)cc3)ccc2Cl)cc1. The third-order valence-electron chi connectivity index (χ3n) is 4.64. The fourth-order valence-corrected chi connectivity index (χ4v) is 4.23. The van der Waals surface area contributed by atoms with Crippen molar-refractivity contribution < 1.29 is 22.3 Å². The van der Waals surface area contributed by atoms with Crippen molar-refractivity contribution in [2.24, 2.45) is 0 Å². The summed E-state index contributed by atoms with van der Waals surface area (Å²) in [6.07, 6.45) is 0. The molecule has 0 atom stereocenters. The predicted octanol–water partition coefficient (Wildman–Crippen LogP) is 4.24. The maximum Gasteiger partial charge on any atom is 0.264 e. The molecule has 1 amide bonds. The van der Waals surface area contributed by atoms with Gasteiger partial charge in [0.15, 0.2) is 0 Å². The second kappa shape index (κ2) is 9.36. The number of carbonyl (C=O) groups is 1. The molecule has 0 radical (unpaired) electrons. The first-order valence-corrected chi connectivity index (χ1v) is 11.0. The predicted molar refractivity (Wildman–Crippen MR) is 118 cm³/mol.